The summed E-state index contributed by atoms with van der Waals surface area (Å²) in [6, 6.07) is 10.3. The topological polar surface area (TPSA) is 32.3 Å². The molecule has 4 rings (SSSR count). The Bertz CT molecular complexity index is 815. The largest absolute Gasteiger partial charge is 0.309 e. The molecule has 1 unspecified atom stereocenters. The van der Waals surface area contributed by atoms with Gasteiger partial charge in [-0.3, -0.25) is 4.79 Å². The second-order valence-corrected chi connectivity index (χ2v) is 7.06. The van der Waals surface area contributed by atoms with Crippen LogP contribution in [0.2, 0.25) is 0 Å². The highest BCUT2D eigenvalue weighted by atomic mass is 19.1. The minimum absolute atomic E-state index is 0.139. The van der Waals surface area contributed by atoms with E-state index >= 15 is 0 Å². The van der Waals surface area contributed by atoms with Crippen molar-refractivity contribution < 1.29 is 18.0 Å². The maximum atomic E-state index is 13.9. The van der Waals surface area contributed by atoms with Crippen LogP contribution in [0.4, 0.5) is 18.9 Å². The third-order valence-corrected chi connectivity index (χ3v) is 5.26. The SMILES string of the molecule is O=C1CC(NC2CC(c3cccc(F)c3)C2)CN1c1c(F)cccc1F. The molecule has 0 aromatic heterocycles. The predicted octanol–water partition coefficient (Wildman–Crippen LogP) is 3.75. The van der Waals surface area contributed by atoms with Crippen molar-refractivity contribution in [3.8, 4) is 0 Å². The second kappa shape index (κ2) is 6.76. The van der Waals surface area contributed by atoms with Gasteiger partial charge in [-0.1, -0.05) is 18.2 Å². The van der Waals surface area contributed by atoms with Gasteiger partial charge in [-0.25, -0.2) is 13.2 Å². The van der Waals surface area contributed by atoms with Gasteiger partial charge in [0, 0.05) is 25.0 Å². The molecule has 2 aromatic carbocycles. The quantitative estimate of drug-likeness (QED) is 0.901. The Hall–Kier alpha value is -2.34. The molecule has 2 aliphatic rings. The minimum Gasteiger partial charge on any atom is -0.309 e. The van der Waals surface area contributed by atoms with Gasteiger partial charge in [0.05, 0.1) is 0 Å². The van der Waals surface area contributed by atoms with Crippen LogP contribution in [-0.2, 0) is 4.79 Å². The average Bonchev–Trinajstić information content (AvgIpc) is 2.91. The Labute approximate surface area is 149 Å². The van der Waals surface area contributed by atoms with Crippen molar-refractivity contribution in [1.82, 2.24) is 5.32 Å². The summed E-state index contributed by atoms with van der Waals surface area (Å²) in [6.07, 6.45) is 1.94. The molecule has 1 aliphatic heterocycles. The Morgan fingerprint density at radius 2 is 1.65 bits per heavy atom. The van der Waals surface area contributed by atoms with Crippen LogP contribution in [0.25, 0.3) is 0 Å². The van der Waals surface area contributed by atoms with Crippen molar-refractivity contribution in [2.75, 3.05) is 11.4 Å². The molecule has 6 heteroatoms. The third-order valence-electron chi connectivity index (χ3n) is 5.26. The fourth-order valence-corrected chi connectivity index (χ4v) is 3.90. The molecule has 1 amide bonds. The number of anilines is 1. The van der Waals surface area contributed by atoms with E-state index in [4.69, 9.17) is 0 Å². The zero-order valence-corrected chi connectivity index (χ0v) is 14.1. The molecule has 0 spiro atoms. The van der Waals surface area contributed by atoms with Crippen LogP contribution < -0.4 is 10.2 Å². The molecular formula is C20H19F3N2O. The number of benzene rings is 2. The predicted molar refractivity (Wildman–Crippen MR) is 92.4 cm³/mol. The van der Waals surface area contributed by atoms with Gasteiger partial charge in [0.25, 0.3) is 0 Å². The summed E-state index contributed by atoms with van der Waals surface area (Å²) in [5.74, 6) is -1.67. The van der Waals surface area contributed by atoms with Crippen molar-refractivity contribution in [3.05, 3.63) is 65.5 Å². The van der Waals surface area contributed by atoms with Crippen LogP contribution in [-0.4, -0.2) is 24.5 Å². The number of para-hydroxylation sites is 1. The Kier molecular flexibility index (Phi) is 4.44. The molecule has 1 saturated carbocycles. The fourth-order valence-electron chi connectivity index (χ4n) is 3.90. The molecule has 26 heavy (non-hydrogen) atoms. The van der Waals surface area contributed by atoms with Crippen LogP contribution in [0.5, 0.6) is 0 Å². The summed E-state index contributed by atoms with van der Waals surface area (Å²) in [6.45, 7) is 0.248. The molecule has 0 bridgehead atoms. The molecule has 1 atom stereocenters. The summed E-state index contributed by atoms with van der Waals surface area (Å²) < 4.78 is 41.2. The lowest BCUT2D eigenvalue weighted by molar-refractivity contribution is -0.117. The van der Waals surface area contributed by atoms with Crippen molar-refractivity contribution in [3.63, 3.8) is 0 Å². The van der Waals surface area contributed by atoms with Gasteiger partial charge < -0.3 is 10.2 Å². The van der Waals surface area contributed by atoms with Crippen LogP contribution in [0.1, 0.15) is 30.7 Å². The smallest absolute Gasteiger partial charge is 0.228 e. The normalized spacial score (nSPS) is 25.4. The van der Waals surface area contributed by atoms with Crippen LogP contribution >= 0.6 is 0 Å². The van der Waals surface area contributed by atoms with Crippen molar-refractivity contribution in [1.29, 1.82) is 0 Å². The van der Waals surface area contributed by atoms with Gasteiger partial charge in [0.1, 0.15) is 23.1 Å². The molecule has 1 N–H and O–H groups in total. The van der Waals surface area contributed by atoms with E-state index < -0.39 is 11.6 Å². The standard InChI is InChI=1S/C20H19F3N2O/c21-14-4-1-3-12(7-14)13-8-15(9-13)24-16-10-19(26)25(11-16)20-17(22)5-2-6-18(20)23/h1-7,13,15-16,24H,8-11H2. The van der Waals surface area contributed by atoms with E-state index in [1.165, 1.54) is 17.0 Å². The number of halogens is 3. The number of amides is 1. The summed E-state index contributed by atoms with van der Waals surface area (Å²) in [5.41, 5.74) is 0.716. The zero-order chi connectivity index (χ0) is 18.3. The maximum Gasteiger partial charge on any atom is 0.228 e. The Balaban J connectivity index is 1.36. The van der Waals surface area contributed by atoms with Gasteiger partial charge >= 0.3 is 0 Å². The first-order valence-electron chi connectivity index (χ1n) is 8.77. The molecule has 1 saturated heterocycles. The van der Waals surface area contributed by atoms with Crippen LogP contribution in [0, 0.1) is 17.5 Å². The summed E-state index contributed by atoms with van der Waals surface area (Å²) >= 11 is 0. The average molecular weight is 360 g/mol. The van der Waals surface area contributed by atoms with E-state index in [9.17, 15) is 18.0 Å². The first-order chi connectivity index (χ1) is 12.5. The van der Waals surface area contributed by atoms with Crippen molar-refractivity contribution in [2.24, 2.45) is 0 Å². The molecule has 2 fully saturated rings. The van der Waals surface area contributed by atoms with Gasteiger partial charge in [-0.15, -0.1) is 0 Å². The van der Waals surface area contributed by atoms with Crippen LogP contribution in [0.15, 0.2) is 42.5 Å². The highest BCUT2D eigenvalue weighted by Gasteiger charge is 2.37. The Morgan fingerprint density at radius 1 is 0.962 bits per heavy atom. The van der Waals surface area contributed by atoms with Gasteiger partial charge in [-0.05, 0) is 48.6 Å². The molecule has 3 nitrogen and oxygen atoms in total. The summed E-state index contributed by atoms with van der Waals surface area (Å²) in [7, 11) is 0. The van der Waals surface area contributed by atoms with E-state index in [1.807, 2.05) is 6.07 Å². The molecule has 1 aliphatic carbocycles. The molecule has 136 valence electrons. The van der Waals surface area contributed by atoms with Crippen LogP contribution in [0.3, 0.4) is 0 Å². The molecule has 1 heterocycles. The number of hydrogen-bond acceptors (Lipinski definition) is 2. The number of nitrogens with zero attached hydrogens (tertiary/aromatic N) is 1. The van der Waals surface area contributed by atoms with Gasteiger partial charge in [-0.2, -0.15) is 0 Å². The highest BCUT2D eigenvalue weighted by Crippen LogP contribution is 2.38. The molecular weight excluding hydrogens is 341 g/mol. The number of nitrogens with one attached hydrogen (secondary N) is 1. The number of carbonyl (C=O) groups is 1. The van der Waals surface area contributed by atoms with Crippen molar-refractivity contribution >= 4 is 11.6 Å². The first-order valence-corrected chi connectivity index (χ1v) is 8.77. The van der Waals surface area contributed by atoms with E-state index in [0.717, 1.165) is 30.5 Å². The zero-order valence-electron chi connectivity index (χ0n) is 14.1. The van der Waals surface area contributed by atoms with E-state index in [0.29, 0.717) is 5.92 Å². The van der Waals surface area contributed by atoms with E-state index in [1.54, 1.807) is 12.1 Å². The van der Waals surface area contributed by atoms with Gasteiger partial charge in [0.15, 0.2) is 0 Å². The molecule has 0 radical (unpaired) electrons. The lowest BCUT2D eigenvalue weighted by Crippen LogP contribution is -2.46. The maximum absolute atomic E-state index is 13.9. The summed E-state index contributed by atoms with van der Waals surface area (Å²) in [5, 5.41) is 3.40. The van der Waals surface area contributed by atoms with E-state index in [-0.39, 0.29) is 42.5 Å². The molecule has 2 aromatic rings. The highest BCUT2D eigenvalue weighted by molar-refractivity contribution is 5.96. The number of rotatable bonds is 4. The third kappa shape index (κ3) is 3.21. The lowest BCUT2D eigenvalue weighted by atomic mass is 9.75. The van der Waals surface area contributed by atoms with Crippen molar-refractivity contribution in [2.45, 2.75) is 37.3 Å². The number of hydrogen-bond donors (Lipinski definition) is 1. The minimum atomic E-state index is -0.728. The first kappa shape index (κ1) is 17.1. The van der Waals surface area contributed by atoms with E-state index in [2.05, 4.69) is 5.32 Å². The monoisotopic (exact) mass is 360 g/mol. The second-order valence-electron chi connectivity index (χ2n) is 7.06. The van der Waals surface area contributed by atoms with Gasteiger partial charge in [0.2, 0.25) is 5.91 Å². The number of carbonyl (C=O) groups excluding carboxylic acids is 1. The lowest BCUT2D eigenvalue weighted by Gasteiger charge is -2.38. The Morgan fingerprint density at radius 3 is 2.35 bits per heavy atom. The summed E-state index contributed by atoms with van der Waals surface area (Å²) in [4.78, 5) is 13.4. The fraction of sp³-hybridized carbons (Fsp3) is 0.350.